The Hall–Kier alpha value is -3.24. The molecule has 1 saturated heterocycles. The molecule has 0 spiro atoms. The Morgan fingerprint density at radius 1 is 1.00 bits per heavy atom. The number of hydrogen-bond donors (Lipinski definition) is 1. The highest BCUT2D eigenvalue weighted by Gasteiger charge is 2.41. The number of nitriles is 1. The molecular weight excluding hydrogens is 452 g/mol. The minimum Gasteiger partial charge on any atom is -0.486 e. The highest BCUT2D eigenvalue weighted by molar-refractivity contribution is 5.75. The Kier molecular flexibility index (Phi) is 7.62. The second-order valence-corrected chi connectivity index (χ2v) is 10.2. The molecule has 1 saturated carbocycles. The molecule has 7 nitrogen and oxygen atoms in total. The van der Waals surface area contributed by atoms with Gasteiger partial charge in [-0.1, -0.05) is 43.5 Å². The van der Waals surface area contributed by atoms with E-state index in [0.29, 0.717) is 24.7 Å². The number of anilines is 1. The van der Waals surface area contributed by atoms with Crippen molar-refractivity contribution in [3.8, 4) is 17.6 Å². The van der Waals surface area contributed by atoms with Gasteiger partial charge in [0.2, 0.25) is 0 Å². The van der Waals surface area contributed by atoms with Crippen LogP contribution >= 0.6 is 0 Å². The number of para-hydroxylation sites is 1. The number of hydrogen-bond acceptors (Lipinski definition) is 7. The van der Waals surface area contributed by atoms with E-state index in [9.17, 15) is 10.5 Å². The largest absolute Gasteiger partial charge is 0.486 e. The van der Waals surface area contributed by atoms with Crippen molar-refractivity contribution >= 4 is 11.9 Å². The fraction of sp³-hybridized carbons (Fsp3) is 0.517. The second-order valence-electron chi connectivity index (χ2n) is 10.2. The summed E-state index contributed by atoms with van der Waals surface area (Å²) in [5.74, 6) is 2.06. The smallest absolute Gasteiger partial charge is 0.184 e. The first-order valence-corrected chi connectivity index (χ1v) is 13.3. The van der Waals surface area contributed by atoms with Crippen LogP contribution in [0.4, 0.5) is 5.69 Å². The Morgan fingerprint density at radius 3 is 2.56 bits per heavy atom. The minimum absolute atomic E-state index is 0.367. The molecule has 36 heavy (non-hydrogen) atoms. The van der Waals surface area contributed by atoms with Gasteiger partial charge < -0.3 is 19.6 Å². The van der Waals surface area contributed by atoms with Crippen LogP contribution in [0.15, 0.2) is 47.6 Å². The quantitative estimate of drug-likeness (QED) is 0.342. The molecule has 2 aromatic carbocycles. The topological polar surface area (TPSA) is 81.3 Å². The molecule has 0 amide bonds. The van der Waals surface area contributed by atoms with E-state index in [1.807, 2.05) is 30.3 Å². The molecular formula is C29H36N4O3. The predicted molar refractivity (Wildman–Crippen MR) is 140 cm³/mol. The van der Waals surface area contributed by atoms with Crippen molar-refractivity contribution in [1.82, 2.24) is 4.90 Å². The van der Waals surface area contributed by atoms with Crippen molar-refractivity contribution in [2.75, 3.05) is 50.8 Å². The van der Waals surface area contributed by atoms with Crippen LogP contribution in [0.3, 0.4) is 0 Å². The highest BCUT2D eigenvalue weighted by atomic mass is 16.6. The standard InChI is InChI=1S/C29H36N4O3/c30-21-23-7-4-5-10-25(23)29(22-31-34,24-8-2-1-3-9-24)13-14-32-15-17-33(18-16-32)26-11-6-12-27-28(26)36-20-19-35-27/h4-7,10-12,22,24,34H,1-3,8-9,13-20H2/b31-22+. The SMILES string of the molecule is N#Cc1ccccc1C(/C=N/O)(CCN1CCN(c2cccc3c2OCCO3)CC1)C1CCCCC1. The molecule has 2 aliphatic heterocycles. The van der Waals surface area contributed by atoms with Crippen LogP contribution in [-0.4, -0.2) is 62.3 Å². The number of nitrogens with zero attached hydrogens (tertiary/aromatic N) is 4. The van der Waals surface area contributed by atoms with Gasteiger partial charge in [0.15, 0.2) is 11.5 Å². The van der Waals surface area contributed by atoms with Gasteiger partial charge in [-0.05, 0) is 55.5 Å². The number of rotatable bonds is 7. The number of fused-ring (bicyclic) bond motifs is 1. The Balaban J connectivity index is 1.32. The lowest BCUT2D eigenvalue weighted by atomic mass is 9.63. The van der Waals surface area contributed by atoms with Gasteiger partial charge in [0.05, 0.1) is 23.5 Å². The van der Waals surface area contributed by atoms with Crippen molar-refractivity contribution in [3.63, 3.8) is 0 Å². The first kappa shape index (κ1) is 24.5. The minimum atomic E-state index is -0.442. The molecule has 1 N–H and O–H groups in total. The summed E-state index contributed by atoms with van der Waals surface area (Å²) in [5, 5.41) is 23.3. The number of piperazine rings is 1. The molecule has 2 fully saturated rings. The van der Waals surface area contributed by atoms with Crippen LogP contribution in [0.5, 0.6) is 11.5 Å². The van der Waals surface area contributed by atoms with Gasteiger partial charge in [-0.15, -0.1) is 5.16 Å². The molecule has 1 aliphatic carbocycles. The van der Waals surface area contributed by atoms with Crippen molar-refractivity contribution < 1.29 is 14.7 Å². The summed E-state index contributed by atoms with van der Waals surface area (Å²) in [5.41, 5.74) is 2.36. The Morgan fingerprint density at radius 2 is 1.78 bits per heavy atom. The van der Waals surface area contributed by atoms with Crippen molar-refractivity contribution in [3.05, 3.63) is 53.6 Å². The zero-order chi connectivity index (χ0) is 24.8. The Labute approximate surface area is 213 Å². The Bertz CT molecular complexity index is 1100. The monoisotopic (exact) mass is 488 g/mol. The van der Waals surface area contributed by atoms with Gasteiger partial charge in [-0.2, -0.15) is 5.26 Å². The fourth-order valence-corrected chi connectivity index (χ4v) is 6.37. The predicted octanol–water partition coefficient (Wildman–Crippen LogP) is 4.82. The van der Waals surface area contributed by atoms with Crippen LogP contribution in [-0.2, 0) is 5.41 Å². The van der Waals surface area contributed by atoms with E-state index >= 15 is 0 Å². The van der Waals surface area contributed by atoms with Gasteiger partial charge in [0.1, 0.15) is 13.2 Å². The van der Waals surface area contributed by atoms with Crippen molar-refractivity contribution in [1.29, 1.82) is 5.26 Å². The van der Waals surface area contributed by atoms with E-state index in [-0.39, 0.29) is 0 Å². The molecule has 0 aromatic heterocycles. The van der Waals surface area contributed by atoms with Gasteiger partial charge in [0, 0.05) is 31.6 Å². The third-order valence-corrected chi connectivity index (χ3v) is 8.27. The van der Waals surface area contributed by atoms with Gasteiger partial charge in [-0.3, -0.25) is 4.90 Å². The summed E-state index contributed by atoms with van der Waals surface area (Å²) in [6.07, 6.45) is 8.39. The summed E-state index contributed by atoms with van der Waals surface area (Å²) in [6.45, 7) is 5.80. The summed E-state index contributed by atoms with van der Waals surface area (Å²) < 4.78 is 11.7. The van der Waals surface area contributed by atoms with E-state index in [1.54, 1.807) is 6.21 Å². The maximum absolute atomic E-state index is 9.89. The zero-order valence-corrected chi connectivity index (χ0v) is 20.9. The third kappa shape index (κ3) is 4.87. The van der Waals surface area contributed by atoms with E-state index < -0.39 is 5.41 Å². The normalized spacial score (nSPS) is 20.7. The van der Waals surface area contributed by atoms with Crippen LogP contribution in [0.1, 0.15) is 49.7 Å². The van der Waals surface area contributed by atoms with Crippen LogP contribution < -0.4 is 14.4 Å². The molecule has 0 radical (unpaired) electrons. The van der Waals surface area contributed by atoms with Crippen LogP contribution in [0.25, 0.3) is 0 Å². The van der Waals surface area contributed by atoms with Crippen LogP contribution in [0.2, 0.25) is 0 Å². The number of benzene rings is 2. The molecule has 3 aliphatic rings. The fourth-order valence-electron chi connectivity index (χ4n) is 6.37. The van der Waals surface area contributed by atoms with E-state index in [1.165, 1.54) is 19.3 Å². The molecule has 2 aromatic rings. The molecule has 1 atom stereocenters. The molecule has 0 bridgehead atoms. The number of oxime groups is 1. The number of ether oxygens (including phenoxy) is 2. The van der Waals surface area contributed by atoms with E-state index in [0.717, 1.165) is 74.7 Å². The highest BCUT2D eigenvalue weighted by Crippen LogP contribution is 2.44. The lowest BCUT2D eigenvalue weighted by molar-refractivity contribution is 0.170. The molecule has 7 heteroatoms. The maximum atomic E-state index is 9.89. The van der Waals surface area contributed by atoms with Gasteiger partial charge in [0.25, 0.3) is 0 Å². The lowest BCUT2D eigenvalue weighted by Gasteiger charge is -2.43. The first-order chi connectivity index (χ1) is 17.7. The van der Waals surface area contributed by atoms with Crippen LogP contribution in [0, 0.1) is 17.2 Å². The van der Waals surface area contributed by atoms with Crippen molar-refractivity contribution in [2.24, 2.45) is 11.1 Å². The lowest BCUT2D eigenvalue weighted by Crippen LogP contribution is -2.49. The molecule has 1 unspecified atom stereocenters. The van der Waals surface area contributed by atoms with E-state index in [4.69, 9.17) is 9.47 Å². The molecule has 5 rings (SSSR count). The van der Waals surface area contributed by atoms with E-state index in [2.05, 4.69) is 33.2 Å². The zero-order valence-electron chi connectivity index (χ0n) is 20.9. The average Bonchev–Trinajstić information content (AvgIpc) is 2.96. The summed E-state index contributed by atoms with van der Waals surface area (Å²) in [7, 11) is 0. The average molecular weight is 489 g/mol. The summed E-state index contributed by atoms with van der Waals surface area (Å²) in [6, 6.07) is 16.4. The maximum Gasteiger partial charge on any atom is 0.184 e. The van der Waals surface area contributed by atoms with Gasteiger partial charge >= 0.3 is 0 Å². The molecule has 190 valence electrons. The third-order valence-electron chi connectivity index (χ3n) is 8.27. The molecule has 2 heterocycles. The summed E-state index contributed by atoms with van der Waals surface area (Å²) in [4.78, 5) is 4.89. The van der Waals surface area contributed by atoms with Crippen molar-refractivity contribution in [2.45, 2.75) is 43.9 Å². The summed E-state index contributed by atoms with van der Waals surface area (Å²) >= 11 is 0. The second kappa shape index (κ2) is 11.2. The van der Waals surface area contributed by atoms with Gasteiger partial charge in [-0.25, -0.2) is 0 Å². The first-order valence-electron chi connectivity index (χ1n) is 13.3.